The monoisotopic (exact) mass is 561 g/mol. The van der Waals surface area contributed by atoms with Crippen LogP contribution in [0, 0.1) is 0 Å². The van der Waals surface area contributed by atoms with Crippen molar-refractivity contribution in [3.05, 3.63) is 29.3 Å². The highest BCUT2D eigenvalue weighted by Gasteiger charge is 2.39. The number of carboxylic acid groups (broad SMARTS) is 2. The van der Waals surface area contributed by atoms with Crippen LogP contribution in [-0.4, -0.2) is 109 Å². The number of carbonyl (C=O) groups is 2. The van der Waals surface area contributed by atoms with E-state index in [1.807, 2.05) is 29.7 Å². The first-order valence-electron chi connectivity index (χ1n) is 10.8. The maximum Gasteiger partial charge on any atom is 0.490 e. The van der Waals surface area contributed by atoms with Crippen molar-refractivity contribution in [2.24, 2.45) is 14.1 Å². The number of aryl methyl sites for hydroxylation is 2. The van der Waals surface area contributed by atoms with E-state index >= 15 is 0 Å². The number of rotatable bonds is 7. The first-order chi connectivity index (χ1) is 17.4. The van der Waals surface area contributed by atoms with Crippen molar-refractivity contribution in [3.8, 4) is 0 Å². The second-order valence-corrected chi connectivity index (χ2v) is 8.42. The highest BCUT2D eigenvalue weighted by Crippen LogP contribution is 2.27. The lowest BCUT2D eigenvalue weighted by Crippen LogP contribution is -2.36. The van der Waals surface area contributed by atoms with E-state index in [1.54, 1.807) is 0 Å². The molecule has 12 nitrogen and oxygen atoms in total. The van der Waals surface area contributed by atoms with Crippen molar-refractivity contribution in [3.63, 3.8) is 0 Å². The minimum Gasteiger partial charge on any atom is -0.475 e. The molecule has 1 aliphatic rings. The van der Waals surface area contributed by atoms with Gasteiger partial charge in [-0.1, -0.05) is 5.21 Å². The minimum absolute atomic E-state index is 0.299. The van der Waals surface area contributed by atoms with E-state index in [0.29, 0.717) is 12.5 Å². The summed E-state index contributed by atoms with van der Waals surface area (Å²) in [7, 11) is 8.03. The Hall–Kier alpha value is -3.25. The van der Waals surface area contributed by atoms with Gasteiger partial charge in [0.1, 0.15) is 5.69 Å². The van der Waals surface area contributed by atoms with Crippen LogP contribution in [0.4, 0.5) is 26.3 Å². The van der Waals surface area contributed by atoms with Crippen molar-refractivity contribution in [1.82, 2.24) is 34.6 Å². The molecule has 2 N–H and O–H groups in total. The topological polar surface area (TPSA) is 139 Å². The zero-order chi connectivity index (χ0) is 29.3. The fourth-order valence-corrected chi connectivity index (χ4v) is 3.23. The van der Waals surface area contributed by atoms with E-state index in [0.717, 1.165) is 38.5 Å². The summed E-state index contributed by atoms with van der Waals surface area (Å²) in [5.41, 5.74) is 3.49. The molecule has 1 unspecified atom stereocenters. The van der Waals surface area contributed by atoms with Crippen LogP contribution in [0.5, 0.6) is 0 Å². The molecule has 0 radical (unpaired) electrons. The number of hydrogen-bond acceptors (Lipinski definition) is 8. The quantitative estimate of drug-likeness (QED) is 0.378. The number of ether oxygens (including phenoxy) is 1. The van der Waals surface area contributed by atoms with Crippen LogP contribution in [-0.2, 0) is 41.5 Å². The molecule has 1 aliphatic heterocycles. The van der Waals surface area contributed by atoms with Gasteiger partial charge < -0.3 is 19.8 Å². The first-order valence-corrected chi connectivity index (χ1v) is 10.8. The second kappa shape index (κ2) is 14.1. The summed E-state index contributed by atoms with van der Waals surface area (Å²) < 4.78 is 73.1. The van der Waals surface area contributed by atoms with Crippen LogP contribution in [0.3, 0.4) is 0 Å². The molecule has 0 aliphatic carbocycles. The number of hydrogen-bond donors (Lipinski definition) is 2. The molecule has 0 amide bonds. The second-order valence-electron chi connectivity index (χ2n) is 8.42. The average molecular weight is 561 g/mol. The summed E-state index contributed by atoms with van der Waals surface area (Å²) in [6.45, 7) is 5.02. The summed E-state index contributed by atoms with van der Waals surface area (Å²) in [5.74, 6) is -5.22. The fraction of sp³-hybridized carbons (Fsp3) is 0.650. The smallest absolute Gasteiger partial charge is 0.475 e. The van der Waals surface area contributed by atoms with Crippen LogP contribution in [0.25, 0.3) is 0 Å². The molecule has 2 aromatic rings. The lowest BCUT2D eigenvalue weighted by molar-refractivity contribution is -0.193. The number of aromatic nitrogens is 5. The number of nitrogens with zero attached hydrogens (tertiary/aromatic N) is 7. The lowest BCUT2D eigenvalue weighted by Gasteiger charge is -2.31. The van der Waals surface area contributed by atoms with Gasteiger partial charge in [0.15, 0.2) is 0 Å². The zero-order valence-electron chi connectivity index (χ0n) is 21.0. The maximum atomic E-state index is 10.6. The molecule has 216 valence electrons. The maximum absolute atomic E-state index is 10.6. The van der Waals surface area contributed by atoms with E-state index in [2.05, 4.69) is 45.5 Å². The Morgan fingerprint density at radius 3 is 2.11 bits per heavy atom. The van der Waals surface area contributed by atoms with E-state index in [-0.39, 0.29) is 0 Å². The summed E-state index contributed by atoms with van der Waals surface area (Å²) in [6.07, 6.45) is -6.18. The van der Waals surface area contributed by atoms with Crippen molar-refractivity contribution < 1.29 is 50.9 Å². The van der Waals surface area contributed by atoms with Gasteiger partial charge >= 0.3 is 24.3 Å². The molecule has 0 bridgehead atoms. The third-order valence-electron chi connectivity index (χ3n) is 4.83. The van der Waals surface area contributed by atoms with E-state index in [1.165, 1.54) is 11.3 Å². The van der Waals surface area contributed by atoms with E-state index < -0.39 is 24.3 Å². The van der Waals surface area contributed by atoms with Crippen molar-refractivity contribution in [2.45, 2.75) is 31.4 Å². The largest absolute Gasteiger partial charge is 0.490 e. The first kappa shape index (κ1) is 32.8. The summed E-state index contributed by atoms with van der Waals surface area (Å²) in [4.78, 5) is 22.3. The van der Waals surface area contributed by atoms with Crippen molar-refractivity contribution in [2.75, 3.05) is 40.4 Å². The van der Waals surface area contributed by atoms with Gasteiger partial charge in [-0.3, -0.25) is 14.3 Å². The molecule has 38 heavy (non-hydrogen) atoms. The molecule has 0 aromatic carbocycles. The zero-order valence-corrected chi connectivity index (χ0v) is 21.0. The Labute approximate surface area is 213 Å². The molecule has 18 heteroatoms. The molecule has 3 heterocycles. The number of alkyl halides is 6. The Kier molecular flexibility index (Phi) is 12.1. The molecule has 0 fully saturated rings. The number of halogens is 6. The Balaban J connectivity index is 0.000000426. The number of aliphatic carboxylic acids is 2. The van der Waals surface area contributed by atoms with Crippen LogP contribution in [0.2, 0.25) is 0 Å². The summed E-state index contributed by atoms with van der Waals surface area (Å²) in [5, 5.41) is 27.1. The molecule has 0 saturated heterocycles. The van der Waals surface area contributed by atoms with Crippen LogP contribution >= 0.6 is 0 Å². The average Bonchev–Trinajstić information content (AvgIpc) is 3.35. The van der Waals surface area contributed by atoms with E-state index in [9.17, 15) is 26.3 Å². The molecular formula is C20H29F6N7O5. The van der Waals surface area contributed by atoms with Gasteiger partial charge in [-0.2, -0.15) is 31.4 Å². The van der Waals surface area contributed by atoms with Crippen molar-refractivity contribution >= 4 is 11.9 Å². The number of fused-ring (bicyclic) bond motifs is 1. The Bertz CT molecular complexity index is 1010. The normalized spacial score (nSPS) is 15.7. The lowest BCUT2D eigenvalue weighted by atomic mass is 9.98. The predicted molar refractivity (Wildman–Crippen MR) is 118 cm³/mol. The molecule has 0 spiro atoms. The van der Waals surface area contributed by atoms with Gasteiger partial charge in [-0.25, -0.2) is 9.59 Å². The Morgan fingerprint density at radius 1 is 1.11 bits per heavy atom. The van der Waals surface area contributed by atoms with Gasteiger partial charge in [0.05, 0.1) is 25.1 Å². The predicted octanol–water partition coefficient (Wildman–Crippen LogP) is 1.49. The molecular weight excluding hydrogens is 532 g/mol. The summed E-state index contributed by atoms with van der Waals surface area (Å²) in [6, 6.07) is 0. The number of carboxylic acids is 2. The van der Waals surface area contributed by atoms with E-state index in [4.69, 9.17) is 24.5 Å². The van der Waals surface area contributed by atoms with Gasteiger partial charge in [-0.15, -0.1) is 5.10 Å². The van der Waals surface area contributed by atoms with Gasteiger partial charge in [0.25, 0.3) is 0 Å². The van der Waals surface area contributed by atoms with Gasteiger partial charge in [0, 0.05) is 58.0 Å². The Morgan fingerprint density at radius 2 is 1.66 bits per heavy atom. The minimum atomic E-state index is -5.08. The number of likely N-dealkylation sites (N-methyl/N-ethyl adjacent to an activating group) is 1. The summed E-state index contributed by atoms with van der Waals surface area (Å²) >= 11 is 0. The molecule has 3 rings (SSSR count). The van der Waals surface area contributed by atoms with Crippen molar-refractivity contribution in [1.29, 1.82) is 0 Å². The SMILES string of the molecule is CN(C)CCOCC1CN(Cc2cnn(C)c2)Cc2nnn(C)c21.O=C(O)C(F)(F)F.O=C(O)C(F)(F)F. The third kappa shape index (κ3) is 11.4. The van der Waals surface area contributed by atoms with Crippen LogP contribution in [0.15, 0.2) is 12.4 Å². The third-order valence-corrected chi connectivity index (χ3v) is 4.83. The molecule has 0 saturated carbocycles. The fourth-order valence-electron chi connectivity index (χ4n) is 3.23. The van der Waals surface area contributed by atoms with Gasteiger partial charge in [-0.05, 0) is 14.1 Å². The highest BCUT2D eigenvalue weighted by molar-refractivity contribution is 5.73. The molecule has 1 atom stereocenters. The van der Waals surface area contributed by atoms with Gasteiger partial charge in [0.2, 0.25) is 0 Å². The van der Waals surface area contributed by atoms with Crippen LogP contribution in [0.1, 0.15) is 22.9 Å². The highest BCUT2D eigenvalue weighted by atomic mass is 19.4. The standard InChI is InChI=1S/C16H27N7O.2C2HF3O2/c1-20(2)5-6-24-12-14-10-23(9-13-7-17-21(3)8-13)11-15-16(14)22(4)19-18-15;2*3-2(4,5)1(6)7/h7-8,14H,5-6,9-12H2,1-4H3;2*(H,6,7). The van der Waals surface area contributed by atoms with Crippen LogP contribution < -0.4 is 0 Å². The molecule has 2 aromatic heterocycles.